The Labute approximate surface area is 187 Å². The molecular weight excluding hydrogens is 402 g/mol. The molecule has 0 radical (unpaired) electrons. The Kier molecular flexibility index (Phi) is 6.12. The number of aromatic nitrogens is 1. The van der Waals surface area contributed by atoms with Crippen molar-refractivity contribution in [2.45, 2.75) is 33.4 Å². The molecule has 1 amide bonds. The first-order valence-corrected chi connectivity index (χ1v) is 10.6. The summed E-state index contributed by atoms with van der Waals surface area (Å²) in [6, 6.07) is 20.0. The summed E-state index contributed by atoms with van der Waals surface area (Å²) in [5.74, 6) is 0.765. The van der Waals surface area contributed by atoms with Crippen molar-refractivity contribution in [3.63, 3.8) is 0 Å². The fraction of sp³-hybridized carbons (Fsp3) is 0.231. The molecule has 0 aliphatic rings. The van der Waals surface area contributed by atoms with E-state index in [1.165, 1.54) is 0 Å². The zero-order chi connectivity index (χ0) is 22.7. The molecular formula is C26H27N3O3. The third-order valence-electron chi connectivity index (χ3n) is 5.11. The number of anilines is 2. The smallest absolute Gasteiger partial charge is 0.407 e. The van der Waals surface area contributed by atoms with Gasteiger partial charge in [-0.2, -0.15) is 0 Å². The lowest BCUT2D eigenvalue weighted by molar-refractivity contribution is 0.137. The third-order valence-corrected chi connectivity index (χ3v) is 5.11. The second-order valence-electron chi connectivity index (χ2n) is 8.09. The molecule has 0 aliphatic carbocycles. The lowest BCUT2D eigenvalue weighted by Crippen LogP contribution is -2.30. The molecule has 0 saturated heterocycles. The molecule has 0 aliphatic heterocycles. The summed E-state index contributed by atoms with van der Waals surface area (Å²) in [7, 11) is 1.65. The Morgan fingerprint density at radius 1 is 1.00 bits per heavy atom. The molecule has 2 N–H and O–H groups in total. The van der Waals surface area contributed by atoms with E-state index in [1.54, 1.807) is 7.11 Å². The number of fused-ring (bicyclic) bond motifs is 2. The predicted octanol–water partition coefficient (Wildman–Crippen LogP) is 6.08. The molecule has 0 bridgehead atoms. The highest BCUT2D eigenvalue weighted by atomic mass is 16.5. The quantitative estimate of drug-likeness (QED) is 0.363. The Morgan fingerprint density at radius 3 is 2.62 bits per heavy atom. The van der Waals surface area contributed by atoms with E-state index >= 15 is 0 Å². The van der Waals surface area contributed by atoms with Gasteiger partial charge in [0.1, 0.15) is 12.4 Å². The van der Waals surface area contributed by atoms with Gasteiger partial charge in [-0.1, -0.05) is 23.8 Å². The number of carbonyl (C=O) groups is 1. The molecule has 6 heteroatoms. The normalized spacial score (nSPS) is 11.0. The van der Waals surface area contributed by atoms with E-state index in [1.807, 2.05) is 62.4 Å². The van der Waals surface area contributed by atoms with Crippen molar-refractivity contribution in [1.29, 1.82) is 0 Å². The zero-order valence-corrected chi connectivity index (χ0v) is 18.7. The van der Waals surface area contributed by atoms with Gasteiger partial charge in [-0.3, -0.25) is 0 Å². The van der Waals surface area contributed by atoms with Gasteiger partial charge in [0.05, 0.1) is 23.8 Å². The van der Waals surface area contributed by atoms with E-state index in [4.69, 9.17) is 14.5 Å². The maximum atomic E-state index is 11.8. The maximum absolute atomic E-state index is 11.8. The number of alkyl carbamates (subject to hydrolysis) is 1. The number of ether oxygens (including phenoxy) is 2. The number of carbonyl (C=O) groups excluding carboxylic acids is 1. The van der Waals surface area contributed by atoms with Crippen molar-refractivity contribution in [2.75, 3.05) is 12.4 Å². The van der Waals surface area contributed by atoms with Crippen LogP contribution in [0.5, 0.6) is 5.75 Å². The van der Waals surface area contributed by atoms with E-state index in [0.717, 1.165) is 50.1 Å². The highest BCUT2D eigenvalue weighted by molar-refractivity contribution is 6.09. The van der Waals surface area contributed by atoms with Gasteiger partial charge in [-0.15, -0.1) is 0 Å². The van der Waals surface area contributed by atoms with Crippen LogP contribution >= 0.6 is 0 Å². The van der Waals surface area contributed by atoms with E-state index in [9.17, 15) is 4.79 Å². The van der Waals surface area contributed by atoms with Crippen molar-refractivity contribution < 1.29 is 14.3 Å². The van der Waals surface area contributed by atoms with Crippen LogP contribution < -0.4 is 15.4 Å². The minimum absolute atomic E-state index is 0.0332. The first kappa shape index (κ1) is 21.4. The van der Waals surface area contributed by atoms with Crippen LogP contribution in [0.3, 0.4) is 0 Å². The van der Waals surface area contributed by atoms with Gasteiger partial charge in [0, 0.05) is 28.6 Å². The van der Waals surface area contributed by atoms with Gasteiger partial charge in [-0.05, 0) is 62.7 Å². The SMILES string of the molecule is COc1ccc2c(Nc3cccc(COC(=O)NC(C)C)c3)c3cc(C)ccc3nc2c1. The number of methoxy groups -OCH3 is 1. The van der Waals surface area contributed by atoms with E-state index in [-0.39, 0.29) is 12.6 Å². The summed E-state index contributed by atoms with van der Waals surface area (Å²) >= 11 is 0. The predicted molar refractivity (Wildman–Crippen MR) is 129 cm³/mol. The molecule has 4 aromatic rings. The minimum Gasteiger partial charge on any atom is -0.497 e. The second-order valence-corrected chi connectivity index (χ2v) is 8.09. The molecule has 0 atom stereocenters. The Morgan fingerprint density at radius 2 is 1.84 bits per heavy atom. The van der Waals surface area contributed by atoms with Gasteiger partial charge in [-0.25, -0.2) is 9.78 Å². The van der Waals surface area contributed by atoms with Crippen molar-refractivity contribution in [3.05, 3.63) is 71.8 Å². The first-order valence-electron chi connectivity index (χ1n) is 10.6. The molecule has 4 rings (SSSR count). The summed E-state index contributed by atoms with van der Waals surface area (Å²) < 4.78 is 10.7. The lowest BCUT2D eigenvalue weighted by Gasteiger charge is -2.15. The molecule has 3 aromatic carbocycles. The second kappa shape index (κ2) is 9.14. The highest BCUT2D eigenvalue weighted by Gasteiger charge is 2.12. The van der Waals surface area contributed by atoms with Crippen molar-refractivity contribution >= 4 is 39.3 Å². The number of hydrogen-bond acceptors (Lipinski definition) is 5. The summed E-state index contributed by atoms with van der Waals surface area (Å²) in [6.07, 6.45) is -0.422. The molecule has 164 valence electrons. The number of hydrogen-bond donors (Lipinski definition) is 2. The fourth-order valence-electron chi connectivity index (χ4n) is 3.61. The van der Waals surface area contributed by atoms with Crippen LogP contribution in [0.1, 0.15) is 25.0 Å². The molecule has 6 nitrogen and oxygen atoms in total. The summed E-state index contributed by atoms with van der Waals surface area (Å²) in [4.78, 5) is 16.6. The molecule has 0 spiro atoms. The van der Waals surface area contributed by atoms with Crippen molar-refractivity contribution in [2.24, 2.45) is 0 Å². The summed E-state index contributed by atoms with van der Waals surface area (Å²) in [5.41, 5.74) is 5.70. The first-order chi connectivity index (χ1) is 15.4. The van der Waals surface area contributed by atoms with Crippen LogP contribution in [-0.2, 0) is 11.3 Å². The summed E-state index contributed by atoms with van der Waals surface area (Å²) in [6.45, 7) is 6.06. The molecule has 0 saturated carbocycles. The average molecular weight is 430 g/mol. The highest BCUT2D eigenvalue weighted by Crippen LogP contribution is 2.35. The topological polar surface area (TPSA) is 72.5 Å². The van der Waals surface area contributed by atoms with E-state index < -0.39 is 6.09 Å². The van der Waals surface area contributed by atoms with E-state index in [2.05, 4.69) is 29.7 Å². The average Bonchev–Trinajstić information content (AvgIpc) is 2.77. The van der Waals surface area contributed by atoms with Gasteiger partial charge < -0.3 is 20.1 Å². The van der Waals surface area contributed by atoms with Gasteiger partial charge in [0.25, 0.3) is 0 Å². The van der Waals surface area contributed by atoms with Crippen LogP contribution in [0.15, 0.2) is 60.7 Å². The van der Waals surface area contributed by atoms with Crippen LogP contribution in [0.4, 0.5) is 16.2 Å². The minimum atomic E-state index is -0.422. The summed E-state index contributed by atoms with van der Waals surface area (Å²) in [5, 5.41) is 8.35. The molecule has 0 unspecified atom stereocenters. The van der Waals surface area contributed by atoms with Crippen LogP contribution in [0.2, 0.25) is 0 Å². The van der Waals surface area contributed by atoms with Gasteiger partial charge in [0.2, 0.25) is 0 Å². The van der Waals surface area contributed by atoms with Crippen LogP contribution in [0.25, 0.3) is 21.8 Å². The van der Waals surface area contributed by atoms with E-state index in [0.29, 0.717) is 0 Å². The lowest BCUT2D eigenvalue weighted by atomic mass is 10.0. The Balaban J connectivity index is 1.70. The third kappa shape index (κ3) is 4.75. The molecule has 0 fully saturated rings. The number of nitrogens with one attached hydrogen (secondary N) is 2. The Hall–Kier alpha value is -3.80. The number of rotatable bonds is 6. The monoisotopic (exact) mass is 429 g/mol. The van der Waals surface area contributed by atoms with Crippen LogP contribution in [0, 0.1) is 6.92 Å². The molecule has 32 heavy (non-hydrogen) atoms. The number of nitrogens with zero attached hydrogens (tertiary/aromatic N) is 1. The largest absolute Gasteiger partial charge is 0.497 e. The van der Waals surface area contributed by atoms with Gasteiger partial charge >= 0.3 is 6.09 Å². The Bertz CT molecular complexity index is 1280. The van der Waals surface area contributed by atoms with Crippen LogP contribution in [-0.4, -0.2) is 24.2 Å². The van der Waals surface area contributed by atoms with Crippen molar-refractivity contribution in [1.82, 2.24) is 10.3 Å². The number of benzene rings is 3. The maximum Gasteiger partial charge on any atom is 0.407 e. The number of aryl methyl sites for hydroxylation is 1. The molecule has 1 heterocycles. The number of amides is 1. The van der Waals surface area contributed by atoms with Gasteiger partial charge in [0.15, 0.2) is 0 Å². The standard InChI is InChI=1S/C26H27N3O3/c1-16(2)27-26(30)32-15-18-6-5-7-19(13-18)28-25-21-10-9-20(31-4)14-24(21)29-23-11-8-17(3)12-22(23)25/h5-14,16H,15H2,1-4H3,(H,27,30)(H,28,29). The fourth-order valence-corrected chi connectivity index (χ4v) is 3.61. The molecule has 1 aromatic heterocycles. The number of pyridine rings is 1. The van der Waals surface area contributed by atoms with Crippen molar-refractivity contribution in [3.8, 4) is 5.75 Å². The zero-order valence-electron chi connectivity index (χ0n) is 18.7.